The Balaban J connectivity index is 1.85. The Hall–Kier alpha value is -2.94. The Kier molecular flexibility index (Phi) is 3.62. The molecule has 0 amide bonds. The molecule has 0 fully saturated rings. The van der Waals surface area contributed by atoms with Gasteiger partial charge in [0.15, 0.2) is 0 Å². The average Bonchev–Trinajstić information content (AvgIpc) is 3.07. The van der Waals surface area contributed by atoms with Gasteiger partial charge < -0.3 is 0 Å². The topological polar surface area (TPSA) is 30.7 Å². The molecule has 0 saturated heterocycles. The summed E-state index contributed by atoms with van der Waals surface area (Å²) in [6.07, 6.45) is 4.84. The number of fused-ring (bicyclic) bond motifs is 1. The third-order valence-corrected chi connectivity index (χ3v) is 4.37. The monoisotopic (exact) mass is 313 g/mol. The maximum Gasteiger partial charge on any atom is 0.0702 e. The van der Waals surface area contributed by atoms with Crippen LogP contribution in [0.5, 0.6) is 0 Å². The highest BCUT2D eigenvalue weighted by Gasteiger charge is 2.08. The highest BCUT2D eigenvalue weighted by molar-refractivity contribution is 5.84. The van der Waals surface area contributed by atoms with Crippen molar-refractivity contribution in [3.8, 4) is 16.8 Å². The number of hydrogen-bond acceptors (Lipinski definition) is 2. The van der Waals surface area contributed by atoms with Gasteiger partial charge in [0.05, 0.1) is 16.9 Å². The van der Waals surface area contributed by atoms with Crippen molar-refractivity contribution >= 4 is 10.9 Å². The number of nitrogens with zero attached hydrogens (tertiary/aromatic N) is 3. The minimum atomic E-state index is 0.982. The largest absolute Gasteiger partial charge is 0.256 e. The fraction of sp³-hybridized carbons (Fsp3) is 0.143. The van der Waals surface area contributed by atoms with E-state index in [1.165, 1.54) is 16.7 Å². The van der Waals surface area contributed by atoms with Crippen molar-refractivity contribution in [3.05, 3.63) is 78.2 Å². The van der Waals surface area contributed by atoms with Crippen LogP contribution in [0.1, 0.15) is 18.2 Å². The molecule has 0 bridgehead atoms. The van der Waals surface area contributed by atoms with Crippen LogP contribution in [0, 0.1) is 6.92 Å². The van der Waals surface area contributed by atoms with Gasteiger partial charge in [-0.2, -0.15) is 5.10 Å². The molecule has 24 heavy (non-hydrogen) atoms. The molecule has 2 heterocycles. The summed E-state index contributed by atoms with van der Waals surface area (Å²) in [7, 11) is 0. The van der Waals surface area contributed by atoms with Crippen LogP contribution in [0.4, 0.5) is 0 Å². The second-order valence-electron chi connectivity index (χ2n) is 6.01. The van der Waals surface area contributed by atoms with Gasteiger partial charge in [0.25, 0.3) is 0 Å². The van der Waals surface area contributed by atoms with Crippen molar-refractivity contribution in [3.63, 3.8) is 0 Å². The number of aromatic nitrogens is 3. The van der Waals surface area contributed by atoms with Gasteiger partial charge in [-0.3, -0.25) is 4.98 Å². The first-order valence-electron chi connectivity index (χ1n) is 8.25. The van der Waals surface area contributed by atoms with Gasteiger partial charge >= 0.3 is 0 Å². The summed E-state index contributed by atoms with van der Waals surface area (Å²) in [5.74, 6) is 0. The van der Waals surface area contributed by atoms with Crippen molar-refractivity contribution in [1.29, 1.82) is 0 Å². The Morgan fingerprint density at radius 3 is 2.58 bits per heavy atom. The molecule has 0 atom stereocenters. The van der Waals surface area contributed by atoms with Crippen LogP contribution in [0.25, 0.3) is 27.7 Å². The van der Waals surface area contributed by atoms with E-state index in [9.17, 15) is 0 Å². The van der Waals surface area contributed by atoms with Crippen LogP contribution in [-0.2, 0) is 6.42 Å². The van der Waals surface area contributed by atoms with Gasteiger partial charge in [0, 0.05) is 17.8 Å². The lowest BCUT2D eigenvalue weighted by Crippen LogP contribution is -2.00. The van der Waals surface area contributed by atoms with Crippen LogP contribution < -0.4 is 0 Å². The fourth-order valence-electron chi connectivity index (χ4n) is 3.06. The first-order chi connectivity index (χ1) is 11.7. The molecule has 0 aliphatic heterocycles. The van der Waals surface area contributed by atoms with Crippen LogP contribution in [0.3, 0.4) is 0 Å². The third-order valence-electron chi connectivity index (χ3n) is 4.37. The lowest BCUT2D eigenvalue weighted by Gasteiger charge is -2.11. The van der Waals surface area contributed by atoms with Gasteiger partial charge in [-0.1, -0.05) is 31.2 Å². The van der Waals surface area contributed by atoms with Crippen molar-refractivity contribution < 1.29 is 0 Å². The predicted octanol–water partition coefficient (Wildman–Crippen LogP) is 4.96. The van der Waals surface area contributed by atoms with E-state index >= 15 is 0 Å². The summed E-state index contributed by atoms with van der Waals surface area (Å²) >= 11 is 0. The van der Waals surface area contributed by atoms with Crippen LogP contribution in [0.15, 0.2) is 67.0 Å². The van der Waals surface area contributed by atoms with Gasteiger partial charge in [0.1, 0.15) is 0 Å². The predicted molar refractivity (Wildman–Crippen MR) is 98.4 cm³/mol. The first kappa shape index (κ1) is 14.6. The molecule has 2 aromatic carbocycles. The number of hydrogen-bond donors (Lipinski definition) is 0. The molecule has 4 rings (SSSR count). The van der Waals surface area contributed by atoms with E-state index < -0.39 is 0 Å². The van der Waals surface area contributed by atoms with Crippen LogP contribution in [-0.4, -0.2) is 14.8 Å². The number of pyridine rings is 1. The molecule has 0 radical (unpaired) electrons. The van der Waals surface area contributed by atoms with Crippen LogP contribution >= 0.6 is 0 Å². The average molecular weight is 313 g/mol. The molecule has 0 spiro atoms. The fourth-order valence-corrected chi connectivity index (χ4v) is 3.06. The van der Waals surface area contributed by atoms with E-state index in [2.05, 4.69) is 59.5 Å². The summed E-state index contributed by atoms with van der Waals surface area (Å²) in [6.45, 7) is 4.19. The molecule has 4 aromatic rings. The van der Waals surface area contributed by atoms with Crippen molar-refractivity contribution in [2.45, 2.75) is 20.3 Å². The van der Waals surface area contributed by atoms with Crippen molar-refractivity contribution in [2.75, 3.05) is 0 Å². The van der Waals surface area contributed by atoms with Crippen molar-refractivity contribution in [2.24, 2.45) is 0 Å². The molecule has 2 aromatic heterocycles. The molecule has 0 aliphatic carbocycles. The molecule has 0 saturated carbocycles. The van der Waals surface area contributed by atoms with E-state index in [0.29, 0.717) is 0 Å². The summed E-state index contributed by atoms with van der Waals surface area (Å²) in [5, 5.41) is 5.74. The Morgan fingerprint density at radius 2 is 1.79 bits per heavy atom. The van der Waals surface area contributed by atoms with Gasteiger partial charge in [0.2, 0.25) is 0 Å². The van der Waals surface area contributed by atoms with Gasteiger partial charge in [-0.15, -0.1) is 0 Å². The molecule has 0 N–H and O–H groups in total. The lowest BCUT2D eigenvalue weighted by molar-refractivity contribution is 0.848. The minimum absolute atomic E-state index is 0.982. The smallest absolute Gasteiger partial charge is 0.0702 e. The van der Waals surface area contributed by atoms with E-state index in [1.54, 1.807) is 0 Å². The highest BCUT2D eigenvalue weighted by Crippen LogP contribution is 2.27. The Morgan fingerprint density at radius 1 is 0.958 bits per heavy atom. The molecule has 0 aliphatic rings. The van der Waals surface area contributed by atoms with E-state index in [4.69, 9.17) is 0 Å². The second kappa shape index (κ2) is 5.93. The molecule has 3 heteroatoms. The molecule has 3 nitrogen and oxygen atoms in total. The lowest BCUT2D eigenvalue weighted by atomic mass is 10.00. The normalized spacial score (nSPS) is 11.1. The Labute approximate surface area is 141 Å². The minimum Gasteiger partial charge on any atom is -0.256 e. The van der Waals surface area contributed by atoms with E-state index in [1.807, 2.05) is 36.1 Å². The maximum atomic E-state index is 4.58. The standard InChI is InChI=1S/C21H19N3/c1-3-16-6-7-18(14-21(16)24-12-10-15(2)23-24)17-8-9-20-19(13-17)5-4-11-22-20/h4-14H,3H2,1-2H3. The number of rotatable bonds is 3. The zero-order chi connectivity index (χ0) is 16.5. The van der Waals surface area contributed by atoms with Gasteiger partial charge in [-0.25, -0.2) is 4.68 Å². The zero-order valence-electron chi connectivity index (χ0n) is 13.9. The summed E-state index contributed by atoms with van der Waals surface area (Å²) < 4.78 is 1.97. The van der Waals surface area contributed by atoms with E-state index in [0.717, 1.165) is 28.7 Å². The second-order valence-corrected chi connectivity index (χ2v) is 6.01. The van der Waals surface area contributed by atoms with E-state index in [-0.39, 0.29) is 0 Å². The summed E-state index contributed by atoms with van der Waals surface area (Å²) in [4.78, 5) is 4.40. The number of aryl methyl sites for hydroxylation is 2. The summed E-state index contributed by atoms with van der Waals surface area (Å²) in [5.41, 5.74) is 6.89. The highest BCUT2D eigenvalue weighted by atomic mass is 15.3. The zero-order valence-corrected chi connectivity index (χ0v) is 13.9. The molecular formula is C21H19N3. The molecule has 0 unspecified atom stereocenters. The van der Waals surface area contributed by atoms with Crippen LogP contribution in [0.2, 0.25) is 0 Å². The van der Waals surface area contributed by atoms with Crippen molar-refractivity contribution in [1.82, 2.24) is 14.8 Å². The van der Waals surface area contributed by atoms with Gasteiger partial charge in [-0.05, 0) is 60.4 Å². The summed E-state index contributed by atoms with van der Waals surface area (Å²) in [6, 6.07) is 19.1. The number of benzene rings is 2. The molecule has 118 valence electrons. The maximum absolute atomic E-state index is 4.58. The third kappa shape index (κ3) is 2.58. The first-order valence-corrected chi connectivity index (χ1v) is 8.25. The molecular weight excluding hydrogens is 294 g/mol. The SMILES string of the molecule is CCc1ccc(-c2ccc3ncccc3c2)cc1-n1ccc(C)n1. The quantitative estimate of drug-likeness (QED) is 0.535. The Bertz CT molecular complexity index is 1010.